The molecule has 1 aliphatic rings. The Bertz CT molecular complexity index is 1220. The van der Waals surface area contributed by atoms with Crippen LogP contribution in [0.2, 0.25) is 9.49 Å². The topological polar surface area (TPSA) is 88.6 Å². The maximum Gasteiger partial charge on any atom is 0.253 e. The first-order chi connectivity index (χ1) is 15.3. The highest BCUT2D eigenvalue weighted by atomic mass is 35.5. The second-order valence-electron chi connectivity index (χ2n) is 7.11. The Labute approximate surface area is 200 Å². The fourth-order valence-electron chi connectivity index (χ4n) is 3.41. The monoisotopic (exact) mass is 511 g/mol. The highest BCUT2D eigenvalue weighted by Gasteiger charge is 2.39. The van der Waals surface area contributed by atoms with Crippen molar-refractivity contribution in [3.8, 4) is 11.5 Å². The van der Waals surface area contributed by atoms with Crippen LogP contribution >= 0.6 is 34.5 Å². The van der Waals surface area contributed by atoms with Gasteiger partial charge in [0.1, 0.15) is 26.9 Å². The Hall–Kier alpha value is -2.17. The largest absolute Gasteiger partial charge is 0.457 e. The summed E-state index contributed by atoms with van der Waals surface area (Å²) in [5, 5.41) is 3.18. The fraction of sp³-hybridized carbons (Fsp3) is 0.238. The van der Waals surface area contributed by atoms with Gasteiger partial charge >= 0.3 is 0 Å². The highest BCUT2D eigenvalue weighted by Crippen LogP contribution is 2.32. The maximum absolute atomic E-state index is 12.9. The van der Waals surface area contributed by atoms with Crippen molar-refractivity contribution in [3.63, 3.8) is 0 Å². The molecule has 1 N–H and O–H groups in total. The van der Waals surface area contributed by atoms with Crippen molar-refractivity contribution in [2.45, 2.75) is 29.6 Å². The first kappa shape index (κ1) is 23.0. The number of hydrogen-bond acceptors (Lipinski definition) is 6. The molecule has 32 heavy (non-hydrogen) atoms. The Morgan fingerprint density at radius 3 is 2.62 bits per heavy atom. The molecule has 11 heteroatoms. The maximum atomic E-state index is 12.9. The molecule has 1 aliphatic heterocycles. The lowest BCUT2D eigenvalue weighted by molar-refractivity contribution is -0.124. The standard InChI is InChI=1S/C21H19Cl2N3O4S2/c22-18-12-16(9-10-24-18)30-15-5-3-14(4-6-15)13-25-21(27)17-2-1-11-26(17)32(28,29)20-8-7-19(23)31-20/h3-10,12,17H,1-2,11,13H2,(H,25,27)/t17-/m0/s1. The molecule has 1 saturated heterocycles. The first-order valence-corrected chi connectivity index (χ1v) is 12.8. The molecule has 3 aromatic rings. The van der Waals surface area contributed by atoms with Crippen LogP contribution in [0.1, 0.15) is 18.4 Å². The molecule has 0 aliphatic carbocycles. The fourth-order valence-corrected chi connectivity index (χ4v) is 6.84. The smallest absolute Gasteiger partial charge is 0.253 e. The van der Waals surface area contributed by atoms with E-state index in [0.29, 0.717) is 40.4 Å². The van der Waals surface area contributed by atoms with Gasteiger partial charge in [-0.1, -0.05) is 35.3 Å². The van der Waals surface area contributed by atoms with E-state index in [-0.39, 0.29) is 16.7 Å². The molecular formula is C21H19Cl2N3O4S2. The molecule has 0 saturated carbocycles. The van der Waals surface area contributed by atoms with Crippen LogP contribution < -0.4 is 10.1 Å². The van der Waals surface area contributed by atoms with E-state index in [1.165, 1.54) is 10.4 Å². The van der Waals surface area contributed by atoms with Gasteiger partial charge in [-0.05, 0) is 48.7 Å². The molecule has 0 bridgehead atoms. The van der Waals surface area contributed by atoms with Crippen molar-refractivity contribution in [1.29, 1.82) is 0 Å². The third-order valence-electron chi connectivity index (χ3n) is 4.94. The molecule has 0 unspecified atom stereocenters. The van der Waals surface area contributed by atoms with Gasteiger partial charge in [0, 0.05) is 25.4 Å². The molecule has 3 heterocycles. The molecule has 0 spiro atoms. The minimum atomic E-state index is -3.76. The van der Waals surface area contributed by atoms with Crippen LogP contribution in [0.4, 0.5) is 0 Å². The molecule has 1 fully saturated rings. The molecule has 1 atom stereocenters. The number of carbonyl (C=O) groups excluding carboxylic acids is 1. The summed E-state index contributed by atoms with van der Waals surface area (Å²) in [6.45, 7) is 0.580. The van der Waals surface area contributed by atoms with Crippen LogP contribution in [-0.2, 0) is 21.4 Å². The summed E-state index contributed by atoms with van der Waals surface area (Å²) in [6, 6.07) is 12.8. The van der Waals surface area contributed by atoms with E-state index in [9.17, 15) is 13.2 Å². The van der Waals surface area contributed by atoms with Crippen molar-refractivity contribution < 1.29 is 17.9 Å². The Morgan fingerprint density at radius 1 is 1.16 bits per heavy atom. The number of sulfonamides is 1. The van der Waals surface area contributed by atoms with E-state index in [0.717, 1.165) is 16.9 Å². The number of rotatable bonds is 7. The van der Waals surface area contributed by atoms with Gasteiger partial charge in [-0.2, -0.15) is 4.31 Å². The second kappa shape index (κ2) is 9.76. The third kappa shape index (κ3) is 5.24. The number of ether oxygens (including phenoxy) is 1. The van der Waals surface area contributed by atoms with Crippen LogP contribution in [0.5, 0.6) is 11.5 Å². The second-order valence-corrected chi connectivity index (χ2v) is 11.3. The zero-order valence-electron chi connectivity index (χ0n) is 16.7. The predicted octanol–water partition coefficient (Wildman–Crippen LogP) is 4.71. The number of carbonyl (C=O) groups is 1. The number of halogens is 2. The van der Waals surface area contributed by atoms with Crippen molar-refractivity contribution in [2.24, 2.45) is 0 Å². The van der Waals surface area contributed by atoms with E-state index in [1.807, 2.05) is 12.1 Å². The highest BCUT2D eigenvalue weighted by molar-refractivity contribution is 7.91. The zero-order chi connectivity index (χ0) is 22.7. The lowest BCUT2D eigenvalue weighted by atomic mass is 10.2. The molecule has 1 aromatic carbocycles. The molecule has 4 rings (SSSR count). The number of nitrogens with zero attached hydrogens (tertiary/aromatic N) is 2. The van der Waals surface area contributed by atoms with Gasteiger partial charge in [-0.25, -0.2) is 13.4 Å². The quantitative estimate of drug-likeness (QED) is 0.464. The van der Waals surface area contributed by atoms with Crippen LogP contribution in [-0.4, -0.2) is 36.2 Å². The van der Waals surface area contributed by atoms with Crippen LogP contribution in [0.3, 0.4) is 0 Å². The predicted molar refractivity (Wildman–Crippen MR) is 124 cm³/mol. The van der Waals surface area contributed by atoms with E-state index < -0.39 is 16.1 Å². The average molecular weight is 512 g/mol. The van der Waals surface area contributed by atoms with Crippen molar-refractivity contribution in [3.05, 3.63) is 69.8 Å². The van der Waals surface area contributed by atoms with Gasteiger partial charge in [-0.15, -0.1) is 11.3 Å². The number of hydrogen-bond donors (Lipinski definition) is 1. The van der Waals surface area contributed by atoms with Gasteiger partial charge in [-0.3, -0.25) is 4.79 Å². The first-order valence-electron chi connectivity index (χ1n) is 9.76. The Balaban J connectivity index is 1.36. The van der Waals surface area contributed by atoms with E-state index in [1.54, 1.807) is 36.5 Å². The summed E-state index contributed by atoms with van der Waals surface area (Å²) in [6.07, 6.45) is 2.66. The molecule has 1 amide bonds. The number of aromatic nitrogens is 1. The van der Waals surface area contributed by atoms with Gasteiger partial charge < -0.3 is 10.1 Å². The summed E-state index contributed by atoms with van der Waals surface area (Å²) in [7, 11) is -3.76. The van der Waals surface area contributed by atoms with Gasteiger partial charge in [0.2, 0.25) is 5.91 Å². The minimum Gasteiger partial charge on any atom is -0.457 e. The van der Waals surface area contributed by atoms with Crippen LogP contribution in [0, 0.1) is 0 Å². The molecule has 0 radical (unpaired) electrons. The molecular weight excluding hydrogens is 493 g/mol. The third-order valence-corrected chi connectivity index (χ3v) is 8.76. The number of amides is 1. The van der Waals surface area contributed by atoms with Crippen molar-refractivity contribution in [2.75, 3.05) is 6.54 Å². The summed E-state index contributed by atoms with van der Waals surface area (Å²) in [5.41, 5.74) is 0.857. The lowest BCUT2D eigenvalue weighted by Gasteiger charge is -2.22. The van der Waals surface area contributed by atoms with Crippen LogP contribution in [0.15, 0.2) is 58.9 Å². The van der Waals surface area contributed by atoms with E-state index in [2.05, 4.69) is 10.3 Å². The summed E-state index contributed by atoms with van der Waals surface area (Å²) in [5.74, 6) is 0.867. The molecule has 2 aromatic heterocycles. The molecule has 7 nitrogen and oxygen atoms in total. The number of pyridine rings is 1. The number of thiophene rings is 1. The Morgan fingerprint density at radius 2 is 1.94 bits per heavy atom. The molecule has 168 valence electrons. The van der Waals surface area contributed by atoms with Gasteiger partial charge in [0.05, 0.1) is 4.34 Å². The number of nitrogens with one attached hydrogen (secondary N) is 1. The van der Waals surface area contributed by atoms with Gasteiger partial charge in [0.25, 0.3) is 10.0 Å². The Kier molecular flexibility index (Phi) is 7.02. The normalized spacial score (nSPS) is 16.8. The minimum absolute atomic E-state index is 0.147. The zero-order valence-corrected chi connectivity index (χ0v) is 19.8. The average Bonchev–Trinajstić information content (AvgIpc) is 3.43. The van der Waals surface area contributed by atoms with Crippen molar-refractivity contribution in [1.82, 2.24) is 14.6 Å². The van der Waals surface area contributed by atoms with E-state index >= 15 is 0 Å². The van der Waals surface area contributed by atoms with Crippen LogP contribution in [0.25, 0.3) is 0 Å². The van der Waals surface area contributed by atoms with Crippen molar-refractivity contribution >= 4 is 50.5 Å². The van der Waals surface area contributed by atoms with E-state index in [4.69, 9.17) is 27.9 Å². The SMILES string of the molecule is O=C(NCc1ccc(Oc2ccnc(Cl)c2)cc1)[C@@H]1CCCN1S(=O)(=O)c1ccc(Cl)s1. The summed E-state index contributed by atoms with van der Waals surface area (Å²) < 4.78 is 33.4. The summed E-state index contributed by atoms with van der Waals surface area (Å²) >= 11 is 12.7. The van der Waals surface area contributed by atoms with Gasteiger partial charge in [0.15, 0.2) is 0 Å². The number of benzene rings is 1. The summed E-state index contributed by atoms with van der Waals surface area (Å²) in [4.78, 5) is 16.7. The lowest BCUT2D eigenvalue weighted by Crippen LogP contribution is -2.45.